The van der Waals surface area contributed by atoms with E-state index in [-0.39, 0.29) is 5.91 Å². The average Bonchev–Trinajstić information content (AvgIpc) is 3.31. The molecule has 3 aromatic rings. The lowest BCUT2D eigenvalue weighted by Crippen LogP contribution is -2.27. The molecule has 2 aromatic heterocycles. The maximum absolute atomic E-state index is 12.6. The predicted molar refractivity (Wildman–Crippen MR) is 109 cm³/mol. The van der Waals surface area contributed by atoms with Crippen LogP contribution in [0, 0.1) is 13.8 Å². The second kappa shape index (κ2) is 6.71. The van der Waals surface area contributed by atoms with Crippen LogP contribution in [0.3, 0.4) is 0 Å². The van der Waals surface area contributed by atoms with E-state index in [2.05, 4.69) is 15.4 Å². The van der Waals surface area contributed by atoms with Crippen molar-refractivity contribution in [2.45, 2.75) is 20.3 Å². The molecule has 0 radical (unpaired) electrons. The monoisotopic (exact) mass is 417 g/mol. The van der Waals surface area contributed by atoms with E-state index in [1.165, 1.54) is 21.9 Å². The van der Waals surface area contributed by atoms with Crippen molar-refractivity contribution in [2.75, 3.05) is 22.4 Å². The van der Waals surface area contributed by atoms with Crippen LogP contribution in [0.5, 0.6) is 0 Å². The molecule has 1 aliphatic rings. The molecule has 1 amide bonds. The largest absolute Gasteiger partial charge is 0.321 e. The fraction of sp³-hybridized carbons (Fsp3) is 0.278. The highest BCUT2D eigenvalue weighted by molar-refractivity contribution is 7.92. The number of rotatable bonds is 4. The van der Waals surface area contributed by atoms with Crippen LogP contribution in [0.15, 0.2) is 29.6 Å². The average molecular weight is 418 g/mol. The van der Waals surface area contributed by atoms with Gasteiger partial charge in [-0.15, -0.1) is 11.3 Å². The van der Waals surface area contributed by atoms with Gasteiger partial charge in [-0.05, 0) is 50.1 Å². The number of nitrogens with zero attached hydrogens (tertiary/aromatic N) is 4. The Morgan fingerprint density at radius 3 is 2.71 bits per heavy atom. The third kappa shape index (κ3) is 3.40. The number of fused-ring (bicyclic) bond motifs is 1. The van der Waals surface area contributed by atoms with Gasteiger partial charge in [-0.3, -0.25) is 9.10 Å². The van der Waals surface area contributed by atoms with Crippen molar-refractivity contribution in [2.24, 2.45) is 0 Å². The summed E-state index contributed by atoms with van der Waals surface area (Å²) in [6.07, 6.45) is 1.81. The van der Waals surface area contributed by atoms with Gasteiger partial charge in [0, 0.05) is 23.3 Å². The summed E-state index contributed by atoms with van der Waals surface area (Å²) < 4.78 is 26.8. The van der Waals surface area contributed by atoms with Crippen molar-refractivity contribution in [1.82, 2.24) is 14.8 Å². The van der Waals surface area contributed by atoms with E-state index in [1.54, 1.807) is 22.2 Å². The van der Waals surface area contributed by atoms with Gasteiger partial charge in [-0.1, -0.05) is 0 Å². The number of aryl methyl sites for hydroxylation is 2. The van der Waals surface area contributed by atoms with Crippen molar-refractivity contribution in [3.05, 3.63) is 52.3 Å². The summed E-state index contributed by atoms with van der Waals surface area (Å²) >= 11 is 1.35. The number of hydrogen-bond donors (Lipinski definition) is 1. The Bertz CT molecular complexity index is 1180. The molecule has 146 valence electrons. The molecule has 0 atom stereocenters. The molecule has 1 N–H and O–H groups in total. The molecule has 0 saturated carbocycles. The molecule has 0 aliphatic carbocycles. The van der Waals surface area contributed by atoms with Crippen molar-refractivity contribution in [1.29, 1.82) is 0 Å². The summed E-state index contributed by atoms with van der Waals surface area (Å²) in [5, 5.41) is 9.54. The highest BCUT2D eigenvalue weighted by Gasteiger charge is 2.26. The summed E-state index contributed by atoms with van der Waals surface area (Å²) in [5.74, 6) is -0.318. The lowest BCUT2D eigenvalue weighted by molar-refractivity contribution is 0.102. The first-order chi connectivity index (χ1) is 13.2. The maximum Gasteiger partial charge on any atom is 0.275 e. The van der Waals surface area contributed by atoms with E-state index in [0.717, 1.165) is 17.0 Å². The van der Waals surface area contributed by atoms with Crippen molar-refractivity contribution >= 4 is 38.6 Å². The zero-order valence-corrected chi connectivity index (χ0v) is 17.3. The van der Waals surface area contributed by atoms with Gasteiger partial charge in [-0.2, -0.15) is 5.10 Å². The number of amides is 1. The molecular formula is C18H19N5O3S2. The van der Waals surface area contributed by atoms with Gasteiger partial charge in [0.15, 0.2) is 0 Å². The van der Waals surface area contributed by atoms with Crippen LogP contribution < -0.4 is 9.62 Å². The van der Waals surface area contributed by atoms with Crippen LogP contribution in [-0.2, 0) is 16.4 Å². The summed E-state index contributed by atoms with van der Waals surface area (Å²) in [4.78, 5) is 17.0. The first-order valence-corrected chi connectivity index (χ1v) is 11.4. The Kier molecular flexibility index (Phi) is 4.47. The molecule has 0 fully saturated rings. The molecule has 4 rings (SSSR count). The number of anilines is 2. The molecule has 10 heteroatoms. The number of carbonyl (C=O) groups is 1. The summed E-state index contributed by atoms with van der Waals surface area (Å²) in [6.45, 7) is 4.26. The van der Waals surface area contributed by atoms with Crippen molar-refractivity contribution in [3.8, 4) is 5.13 Å². The molecule has 8 nitrogen and oxygen atoms in total. The fourth-order valence-electron chi connectivity index (χ4n) is 3.28. The highest BCUT2D eigenvalue weighted by Crippen LogP contribution is 2.32. The molecule has 0 saturated heterocycles. The van der Waals surface area contributed by atoms with E-state index >= 15 is 0 Å². The first kappa shape index (κ1) is 18.6. The molecule has 28 heavy (non-hydrogen) atoms. The summed E-state index contributed by atoms with van der Waals surface area (Å²) in [5.41, 5.74) is 4.32. The van der Waals surface area contributed by atoms with Gasteiger partial charge in [0.1, 0.15) is 5.69 Å². The van der Waals surface area contributed by atoms with E-state index in [1.807, 2.05) is 26.0 Å². The van der Waals surface area contributed by atoms with Crippen LogP contribution in [0.1, 0.15) is 27.4 Å². The normalized spacial score (nSPS) is 13.6. The van der Waals surface area contributed by atoms with Crippen LogP contribution >= 0.6 is 11.3 Å². The van der Waals surface area contributed by atoms with E-state index in [0.29, 0.717) is 35.2 Å². The lowest BCUT2D eigenvalue weighted by Gasteiger charge is -2.16. The second-order valence-electron chi connectivity index (χ2n) is 6.74. The number of benzene rings is 1. The number of carbonyl (C=O) groups excluding carboxylic acids is 1. The molecular weight excluding hydrogens is 398 g/mol. The van der Waals surface area contributed by atoms with E-state index in [4.69, 9.17) is 0 Å². The number of sulfonamides is 1. The molecule has 1 aliphatic heterocycles. The number of aromatic nitrogens is 3. The molecule has 0 unspecified atom stereocenters. The summed E-state index contributed by atoms with van der Waals surface area (Å²) in [6, 6.07) is 7.19. The quantitative estimate of drug-likeness (QED) is 0.704. The number of thiazole rings is 1. The van der Waals surface area contributed by atoms with Crippen LogP contribution in [0.2, 0.25) is 0 Å². The topological polar surface area (TPSA) is 97.2 Å². The first-order valence-electron chi connectivity index (χ1n) is 8.63. The zero-order chi connectivity index (χ0) is 20.1. The van der Waals surface area contributed by atoms with E-state index < -0.39 is 10.0 Å². The minimum atomic E-state index is -3.29. The Hall–Kier alpha value is -2.72. The summed E-state index contributed by atoms with van der Waals surface area (Å²) in [7, 11) is -3.29. The van der Waals surface area contributed by atoms with Gasteiger partial charge in [0.25, 0.3) is 5.91 Å². The number of nitrogens with one attached hydrogen (secondary N) is 1. The van der Waals surface area contributed by atoms with E-state index in [9.17, 15) is 13.2 Å². The minimum absolute atomic E-state index is 0.311. The fourth-order valence-corrected chi connectivity index (χ4v) is 5.05. The number of hydrogen-bond acceptors (Lipinski definition) is 6. The standard InChI is InChI=1S/C18H19N5O3S2/c1-11-8-12(2)23(21-11)18-20-15(10-27-18)17(24)19-14-4-5-16-13(9-14)6-7-22(16)28(3,25)26/h4-5,8-10H,6-7H2,1-3H3,(H,19,24). The van der Waals surface area contributed by atoms with Crippen LogP contribution in [0.25, 0.3) is 5.13 Å². The van der Waals surface area contributed by atoms with Crippen LogP contribution in [-0.4, -0.2) is 41.9 Å². The third-order valence-corrected chi connectivity index (χ3v) is 6.50. The Labute approximate surface area is 166 Å². The van der Waals surface area contributed by atoms with Crippen LogP contribution in [0.4, 0.5) is 11.4 Å². The van der Waals surface area contributed by atoms with Crippen molar-refractivity contribution in [3.63, 3.8) is 0 Å². The molecule has 0 spiro atoms. The third-order valence-electron chi connectivity index (χ3n) is 4.51. The highest BCUT2D eigenvalue weighted by atomic mass is 32.2. The Morgan fingerprint density at radius 2 is 2.04 bits per heavy atom. The Balaban J connectivity index is 1.53. The molecule has 1 aromatic carbocycles. The SMILES string of the molecule is Cc1cc(C)n(-c2nc(C(=O)Nc3ccc4c(c3)CCN4S(C)(=O)=O)cs2)n1. The van der Waals surface area contributed by atoms with Gasteiger partial charge < -0.3 is 5.32 Å². The van der Waals surface area contributed by atoms with Gasteiger partial charge >= 0.3 is 0 Å². The maximum atomic E-state index is 12.6. The second-order valence-corrected chi connectivity index (χ2v) is 9.48. The Morgan fingerprint density at radius 1 is 1.25 bits per heavy atom. The molecule has 0 bridgehead atoms. The van der Waals surface area contributed by atoms with Gasteiger partial charge in [0.2, 0.25) is 15.2 Å². The zero-order valence-electron chi connectivity index (χ0n) is 15.6. The lowest BCUT2D eigenvalue weighted by atomic mass is 10.1. The minimum Gasteiger partial charge on any atom is -0.321 e. The molecule has 3 heterocycles. The smallest absolute Gasteiger partial charge is 0.275 e. The van der Waals surface area contributed by atoms with Gasteiger partial charge in [-0.25, -0.2) is 18.1 Å². The van der Waals surface area contributed by atoms with Crippen molar-refractivity contribution < 1.29 is 13.2 Å². The van der Waals surface area contributed by atoms with Gasteiger partial charge in [0.05, 0.1) is 17.6 Å². The predicted octanol–water partition coefficient (Wildman–Crippen LogP) is 2.52.